The summed E-state index contributed by atoms with van der Waals surface area (Å²) in [6, 6.07) is 53.4. The van der Waals surface area contributed by atoms with Crippen LogP contribution in [0.3, 0.4) is 0 Å². The molecule has 5 heteroatoms. The maximum Gasteiger partial charge on any atom is 0.164 e. The molecule has 210 valence electrons. The highest BCUT2D eigenvalue weighted by atomic mass is 15.0. The van der Waals surface area contributed by atoms with Gasteiger partial charge in [-0.2, -0.15) is 5.26 Å². The molecule has 0 spiro atoms. The number of hydrogen-bond acceptors (Lipinski definition) is 4. The predicted octanol–water partition coefficient (Wildman–Crippen LogP) is 9.51. The quantitative estimate of drug-likeness (QED) is 0.205. The average Bonchev–Trinajstić information content (AvgIpc) is 3.46. The number of hydrogen-bond donors (Lipinski definition) is 0. The van der Waals surface area contributed by atoms with Crippen LogP contribution in [0.4, 0.5) is 0 Å². The zero-order chi connectivity index (χ0) is 30.2. The highest BCUT2D eigenvalue weighted by molar-refractivity contribution is 6.09. The smallest absolute Gasteiger partial charge is 0.164 e. The summed E-state index contributed by atoms with van der Waals surface area (Å²) in [5.41, 5.74) is 8.41. The van der Waals surface area contributed by atoms with Crippen molar-refractivity contribution < 1.29 is 0 Å². The molecule has 2 aromatic heterocycles. The molecule has 6 aromatic carbocycles. The Morgan fingerprint density at radius 3 is 1.42 bits per heavy atom. The van der Waals surface area contributed by atoms with Gasteiger partial charge in [-0.15, -0.1) is 0 Å². The van der Waals surface area contributed by atoms with E-state index in [1.54, 1.807) is 0 Å². The van der Waals surface area contributed by atoms with Crippen molar-refractivity contribution >= 4 is 21.8 Å². The molecule has 0 atom stereocenters. The first kappa shape index (κ1) is 26.3. The molecule has 0 aliphatic heterocycles. The topological polar surface area (TPSA) is 67.4 Å². The van der Waals surface area contributed by atoms with Gasteiger partial charge in [0.25, 0.3) is 0 Å². The summed E-state index contributed by atoms with van der Waals surface area (Å²) in [5, 5.41) is 12.5. The molecule has 0 aliphatic carbocycles. The zero-order valence-electron chi connectivity index (χ0n) is 24.2. The van der Waals surface area contributed by atoms with Crippen LogP contribution in [0.1, 0.15) is 5.56 Å². The highest BCUT2D eigenvalue weighted by Crippen LogP contribution is 2.34. The second kappa shape index (κ2) is 11.0. The fourth-order valence-electron chi connectivity index (χ4n) is 5.93. The van der Waals surface area contributed by atoms with Crippen molar-refractivity contribution in [1.29, 1.82) is 5.26 Å². The van der Waals surface area contributed by atoms with Crippen molar-refractivity contribution in [2.24, 2.45) is 0 Å². The van der Waals surface area contributed by atoms with Crippen molar-refractivity contribution in [2.45, 2.75) is 0 Å². The van der Waals surface area contributed by atoms with Gasteiger partial charge in [-0.05, 0) is 53.6 Å². The first-order valence-corrected chi connectivity index (χ1v) is 14.8. The van der Waals surface area contributed by atoms with E-state index >= 15 is 0 Å². The summed E-state index contributed by atoms with van der Waals surface area (Å²) in [7, 11) is 0. The maximum atomic E-state index is 10.0. The van der Waals surface area contributed by atoms with Crippen LogP contribution in [0.2, 0.25) is 0 Å². The van der Waals surface area contributed by atoms with Crippen molar-refractivity contribution in [3.8, 4) is 57.0 Å². The van der Waals surface area contributed by atoms with Crippen molar-refractivity contribution in [3.63, 3.8) is 0 Å². The van der Waals surface area contributed by atoms with Crippen LogP contribution < -0.4 is 0 Å². The third-order valence-electron chi connectivity index (χ3n) is 8.06. The lowest BCUT2D eigenvalue weighted by Gasteiger charge is -2.11. The van der Waals surface area contributed by atoms with Gasteiger partial charge < -0.3 is 4.57 Å². The summed E-state index contributed by atoms with van der Waals surface area (Å²) in [6.07, 6.45) is 0. The third kappa shape index (κ3) is 4.81. The van der Waals surface area contributed by atoms with E-state index in [1.165, 1.54) is 21.8 Å². The average molecular weight is 576 g/mol. The Bertz CT molecular complexity index is 2260. The van der Waals surface area contributed by atoms with E-state index in [0.717, 1.165) is 33.5 Å². The lowest BCUT2D eigenvalue weighted by Crippen LogP contribution is -2.00. The molecular weight excluding hydrogens is 550 g/mol. The van der Waals surface area contributed by atoms with Crippen LogP contribution in [-0.2, 0) is 0 Å². The Morgan fingerprint density at radius 2 is 0.889 bits per heavy atom. The number of nitrogens with zero attached hydrogens (tertiary/aromatic N) is 5. The Morgan fingerprint density at radius 1 is 0.422 bits per heavy atom. The summed E-state index contributed by atoms with van der Waals surface area (Å²) in [6.45, 7) is 0. The molecule has 0 radical (unpaired) electrons. The maximum absolute atomic E-state index is 10.0. The second-order valence-electron chi connectivity index (χ2n) is 10.9. The normalized spacial score (nSPS) is 11.1. The first-order valence-electron chi connectivity index (χ1n) is 14.8. The van der Waals surface area contributed by atoms with Crippen LogP contribution in [0, 0.1) is 11.3 Å². The molecule has 0 saturated heterocycles. The van der Waals surface area contributed by atoms with E-state index in [0.29, 0.717) is 23.0 Å². The molecule has 0 aliphatic rings. The Labute approximate surface area is 260 Å². The predicted molar refractivity (Wildman–Crippen MR) is 181 cm³/mol. The van der Waals surface area contributed by atoms with Gasteiger partial charge in [0, 0.05) is 33.2 Å². The monoisotopic (exact) mass is 575 g/mol. The van der Waals surface area contributed by atoms with Gasteiger partial charge in [0.05, 0.1) is 22.7 Å². The molecular formula is C40H25N5. The number of nitriles is 1. The third-order valence-corrected chi connectivity index (χ3v) is 8.06. The lowest BCUT2D eigenvalue weighted by atomic mass is 9.99. The van der Waals surface area contributed by atoms with Gasteiger partial charge in [-0.25, -0.2) is 15.0 Å². The fraction of sp³-hybridized carbons (Fsp3) is 0. The second-order valence-corrected chi connectivity index (χ2v) is 10.9. The molecule has 0 unspecified atom stereocenters. The van der Waals surface area contributed by atoms with Crippen molar-refractivity contribution in [3.05, 3.63) is 157 Å². The minimum atomic E-state index is 0.517. The molecule has 0 N–H and O–H groups in total. The fourth-order valence-corrected chi connectivity index (χ4v) is 5.93. The van der Waals surface area contributed by atoms with Gasteiger partial charge in [0.15, 0.2) is 17.5 Å². The first-order chi connectivity index (χ1) is 22.2. The molecule has 2 heterocycles. The van der Waals surface area contributed by atoms with E-state index in [4.69, 9.17) is 15.0 Å². The number of benzene rings is 6. The molecule has 8 rings (SSSR count). The molecule has 8 aromatic rings. The molecule has 45 heavy (non-hydrogen) atoms. The van der Waals surface area contributed by atoms with Gasteiger partial charge in [0.2, 0.25) is 0 Å². The van der Waals surface area contributed by atoms with Crippen LogP contribution in [0.25, 0.3) is 72.8 Å². The minimum absolute atomic E-state index is 0.517. The number of fused-ring (bicyclic) bond motifs is 3. The van der Waals surface area contributed by atoms with Gasteiger partial charge in [-0.3, -0.25) is 0 Å². The summed E-state index contributed by atoms with van der Waals surface area (Å²) in [5.74, 6) is 1.68. The standard InChI is InChI=1S/C40H25N5/c41-26-27-23-31(28-19-21-33(22-20-28)45-36-17-9-7-15-34(36)35-16-8-10-18-37(35)45)25-32(24-27)40-43-38(29-11-3-1-4-12-29)42-39(44-40)30-13-5-2-6-14-30/h1-25H. The summed E-state index contributed by atoms with van der Waals surface area (Å²) < 4.78 is 2.30. The SMILES string of the molecule is N#Cc1cc(-c2ccc(-n3c4ccccc4c4ccccc43)cc2)cc(-c2nc(-c3ccccc3)nc(-c3ccccc3)n2)c1. The molecule has 0 bridgehead atoms. The lowest BCUT2D eigenvalue weighted by molar-refractivity contribution is 1.07. The number of para-hydroxylation sites is 2. The van der Waals surface area contributed by atoms with Gasteiger partial charge in [-0.1, -0.05) is 109 Å². The summed E-state index contributed by atoms with van der Waals surface area (Å²) >= 11 is 0. The van der Waals surface area contributed by atoms with E-state index in [1.807, 2.05) is 72.8 Å². The molecule has 0 saturated carbocycles. The largest absolute Gasteiger partial charge is 0.309 e. The Kier molecular flexibility index (Phi) is 6.44. The van der Waals surface area contributed by atoms with Crippen molar-refractivity contribution in [1.82, 2.24) is 19.5 Å². The van der Waals surface area contributed by atoms with Crippen LogP contribution in [0.15, 0.2) is 152 Å². The Hall–Kier alpha value is -6.38. The minimum Gasteiger partial charge on any atom is -0.309 e. The zero-order valence-corrected chi connectivity index (χ0v) is 24.2. The van der Waals surface area contributed by atoms with E-state index in [9.17, 15) is 5.26 Å². The van der Waals surface area contributed by atoms with Crippen LogP contribution in [-0.4, -0.2) is 19.5 Å². The Balaban J connectivity index is 1.24. The number of aromatic nitrogens is 4. The van der Waals surface area contributed by atoms with Crippen molar-refractivity contribution in [2.75, 3.05) is 0 Å². The molecule has 0 fully saturated rings. The van der Waals surface area contributed by atoms with E-state index < -0.39 is 0 Å². The van der Waals surface area contributed by atoms with Gasteiger partial charge >= 0.3 is 0 Å². The summed E-state index contributed by atoms with van der Waals surface area (Å²) in [4.78, 5) is 14.6. The molecule has 0 amide bonds. The van der Waals surface area contributed by atoms with Gasteiger partial charge in [0.1, 0.15) is 0 Å². The molecule has 5 nitrogen and oxygen atoms in total. The van der Waals surface area contributed by atoms with Crippen LogP contribution in [0.5, 0.6) is 0 Å². The van der Waals surface area contributed by atoms with Crippen LogP contribution >= 0.6 is 0 Å². The van der Waals surface area contributed by atoms with E-state index in [2.05, 4.69) is 89.5 Å². The van der Waals surface area contributed by atoms with E-state index in [-0.39, 0.29) is 0 Å². The number of rotatable bonds is 5. The highest BCUT2D eigenvalue weighted by Gasteiger charge is 2.15.